The van der Waals surface area contributed by atoms with Gasteiger partial charge in [-0.2, -0.15) is 5.10 Å². The van der Waals surface area contributed by atoms with E-state index in [2.05, 4.69) is 10.1 Å². The van der Waals surface area contributed by atoms with Crippen molar-refractivity contribution < 1.29 is 5.11 Å². The van der Waals surface area contributed by atoms with Gasteiger partial charge in [-0.05, 0) is 36.4 Å². The molecule has 0 amide bonds. The van der Waals surface area contributed by atoms with Crippen molar-refractivity contribution >= 4 is 5.65 Å². The minimum atomic E-state index is 0.255. The van der Waals surface area contributed by atoms with Crippen molar-refractivity contribution in [3.05, 3.63) is 48.8 Å². The van der Waals surface area contributed by atoms with Crippen LogP contribution in [0.2, 0.25) is 0 Å². The SMILES string of the molecule is Oc1ccc(-c2cn3ncccc3n2)cc1. The monoisotopic (exact) mass is 211 g/mol. The Balaban J connectivity index is 2.15. The maximum atomic E-state index is 9.21. The third kappa shape index (κ3) is 1.40. The molecule has 16 heavy (non-hydrogen) atoms. The summed E-state index contributed by atoms with van der Waals surface area (Å²) >= 11 is 0. The second kappa shape index (κ2) is 3.34. The van der Waals surface area contributed by atoms with Gasteiger partial charge in [-0.3, -0.25) is 0 Å². The quantitative estimate of drug-likeness (QED) is 0.670. The molecular weight excluding hydrogens is 202 g/mol. The zero-order valence-corrected chi connectivity index (χ0v) is 8.41. The smallest absolute Gasteiger partial charge is 0.154 e. The van der Waals surface area contributed by atoms with Crippen molar-refractivity contribution in [1.82, 2.24) is 14.6 Å². The molecule has 4 nitrogen and oxygen atoms in total. The van der Waals surface area contributed by atoms with Gasteiger partial charge in [0, 0.05) is 11.8 Å². The summed E-state index contributed by atoms with van der Waals surface area (Å²) in [6.45, 7) is 0. The zero-order valence-electron chi connectivity index (χ0n) is 8.41. The second-order valence-electron chi connectivity index (χ2n) is 3.50. The summed E-state index contributed by atoms with van der Waals surface area (Å²) in [6, 6.07) is 10.7. The van der Waals surface area contributed by atoms with Crippen LogP contribution in [-0.4, -0.2) is 19.7 Å². The Morgan fingerprint density at radius 3 is 2.62 bits per heavy atom. The lowest BCUT2D eigenvalue weighted by Crippen LogP contribution is -1.85. The lowest BCUT2D eigenvalue weighted by molar-refractivity contribution is 0.475. The maximum absolute atomic E-state index is 9.21. The molecule has 0 radical (unpaired) electrons. The van der Waals surface area contributed by atoms with Crippen LogP contribution < -0.4 is 0 Å². The van der Waals surface area contributed by atoms with Crippen molar-refractivity contribution in [1.29, 1.82) is 0 Å². The van der Waals surface area contributed by atoms with E-state index in [-0.39, 0.29) is 5.75 Å². The summed E-state index contributed by atoms with van der Waals surface area (Å²) in [5, 5.41) is 13.4. The molecule has 0 saturated carbocycles. The number of phenolic OH excluding ortho intramolecular Hbond substituents is 1. The summed E-state index contributed by atoms with van der Waals surface area (Å²) in [7, 11) is 0. The fourth-order valence-corrected chi connectivity index (χ4v) is 1.60. The van der Waals surface area contributed by atoms with E-state index in [1.165, 1.54) is 0 Å². The number of benzene rings is 1. The van der Waals surface area contributed by atoms with Gasteiger partial charge in [-0.25, -0.2) is 9.50 Å². The van der Waals surface area contributed by atoms with Crippen molar-refractivity contribution in [2.75, 3.05) is 0 Å². The van der Waals surface area contributed by atoms with E-state index in [0.717, 1.165) is 16.9 Å². The molecule has 0 aliphatic rings. The van der Waals surface area contributed by atoms with Gasteiger partial charge < -0.3 is 5.11 Å². The predicted octanol–water partition coefficient (Wildman–Crippen LogP) is 2.10. The van der Waals surface area contributed by atoms with Gasteiger partial charge in [0.1, 0.15) is 5.75 Å². The summed E-state index contributed by atoms with van der Waals surface area (Å²) in [6.07, 6.45) is 3.58. The zero-order chi connectivity index (χ0) is 11.0. The number of aromatic hydroxyl groups is 1. The molecule has 0 aliphatic heterocycles. The summed E-state index contributed by atoms with van der Waals surface area (Å²) in [5.41, 5.74) is 2.62. The Bertz CT molecular complexity index is 595. The Morgan fingerprint density at radius 2 is 1.88 bits per heavy atom. The van der Waals surface area contributed by atoms with E-state index in [1.54, 1.807) is 22.8 Å². The van der Waals surface area contributed by atoms with Crippen LogP contribution in [0, 0.1) is 0 Å². The predicted molar refractivity (Wildman–Crippen MR) is 60.1 cm³/mol. The van der Waals surface area contributed by atoms with Gasteiger partial charge in [-0.1, -0.05) is 0 Å². The largest absolute Gasteiger partial charge is 0.508 e. The first-order valence-electron chi connectivity index (χ1n) is 4.93. The molecule has 0 bridgehead atoms. The molecule has 1 aromatic carbocycles. The van der Waals surface area contributed by atoms with Crippen LogP contribution in [-0.2, 0) is 0 Å². The normalized spacial score (nSPS) is 10.8. The van der Waals surface area contributed by atoms with Gasteiger partial charge >= 0.3 is 0 Å². The van der Waals surface area contributed by atoms with Crippen molar-refractivity contribution in [3.63, 3.8) is 0 Å². The molecule has 0 unspecified atom stereocenters. The van der Waals surface area contributed by atoms with Gasteiger partial charge in [0.05, 0.1) is 11.9 Å². The van der Waals surface area contributed by atoms with Gasteiger partial charge in [-0.15, -0.1) is 0 Å². The standard InChI is InChI=1S/C12H9N3O/c16-10-5-3-9(4-6-10)11-8-15-12(14-11)2-1-7-13-15/h1-8,16H. The van der Waals surface area contributed by atoms with Crippen molar-refractivity contribution in [2.45, 2.75) is 0 Å². The highest BCUT2D eigenvalue weighted by Crippen LogP contribution is 2.20. The molecule has 0 saturated heterocycles. The van der Waals surface area contributed by atoms with Crippen molar-refractivity contribution in [3.8, 4) is 17.0 Å². The third-order valence-electron chi connectivity index (χ3n) is 2.40. The lowest BCUT2D eigenvalue weighted by atomic mass is 10.2. The number of fused-ring (bicyclic) bond motifs is 1. The number of rotatable bonds is 1. The number of hydrogen-bond donors (Lipinski definition) is 1. The van der Waals surface area contributed by atoms with E-state index in [0.29, 0.717) is 0 Å². The summed E-state index contributed by atoms with van der Waals surface area (Å²) in [4.78, 5) is 4.43. The van der Waals surface area contributed by atoms with Crippen LogP contribution in [0.3, 0.4) is 0 Å². The molecule has 3 rings (SSSR count). The van der Waals surface area contributed by atoms with Gasteiger partial charge in [0.15, 0.2) is 5.65 Å². The molecule has 2 heterocycles. The Kier molecular flexibility index (Phi) is 1.86. The maximum Gasteiger partial charge on any atom is 0.154 e. The molecule has 4 heteroatoms. The number of nitrogens with zero attached hydrogens (tertiary/aromatic N) is 3. The molecule has 0 aliphatic carbocycles. The highest BCUT2D eigenvalue weighted by Gasteiger charge is 2.03. The Hall–Kier alpha value is -2.36. The first-order chi connectivity index (χ1) is 7.83. The molecule has 1 N–H and O–H groups in total. The summed E-state index contributed by atoms with van der Waals surface area (Å²) < 4.78 is 1.72. The second-order valence-corrected chi connectivity index (χ2v) is 3.50. The average molecular weight is 211 g/mol. The van der Waals surface area contributed by atoms with Crippen LogP contribution in [0.5, 0.6) is 5.75 Å². The molecule has 0 spiro atoms. The van der Waals surface area contributed by atoms with Crippen LogP contribution in [0.15, 0.2) is 48.8 Å². The molecule has 3 aromatic rings. The van der Waals surface area contributed by atoms with Crippen LogP contribution in [0.1, 0.15) is 0 Å². The highest BCUT2D eigenvalue weighted by atomic mass is 16.3. The topological polar surface area (TPSA) is 50.4 Å². The number of aromatic nitrogens is 3. The molecule has 0 fully saturated rings. The molecule has 78 valence electrons. The van der Waals surface area contributed by atoms with Gasteiger partial charge in [0.25, 0.3) is 0 Å². The van der Waals surface area contributed by atoms with Crippen LogP contribution >= 0.6 is 0 Å². The van der Waals surface area contributed by atoms with Crippen LogP contribution in [0.4, 0.5) is 0 Å². The van der Waals surface area contributed by atoms with E-state index in [9.17, 15) is 5.11 Å². The van der Waals surface area contributed by atoms with Crippen molar-refractivity contribution in [2.24, 2.45) is 0 Å². The fourth-order valence-electron chi connectivity index (χ4n) is 1.60. The van der Waals surface area contributed by atoms with E-state index in [4.69, 9.17) is 0 Å². The first kappa shape index (κ1) is 8.91. The van der Waals surface area contributed by atoms with Crippen LogP contribution in [0.25, 0.3) is 16.9 Å². The van der Waals surface area contributed by atoms with Gasteiger partial charge in [0.2, 0.25) is 0 Å². The summed E-state index contributed by atoms with van der Waals surface area (Å²) in [5.74, 6) is 0.255. The molecule has 2 aromatic heterocycles. The van der Waals surface area contributed by atoms with E-state index >= 15 is 0 Å². The fraction of sp³-hybridized carbons (Fsp3) is 0. The number of imidazole rings is 1. The van der Waals surface area contributed by atoms with E-state index < -0.39 is 0 Å². The third-order valence-corrected chi connectivity index (χ3v) is 2.40. The molecular formula is C12H9N3O. The minimum Gasteiger partial charge on any atom is -0.508 e. The Morgan fingerprint density at radius 1 is 1.06 bits per heavy atom. The Labute approximate surface area is 91.8 Å². The minimum absolute atomic E-state index is 0.255. The molecule has 0 atom stereocenters. The van der Waals surface area contributed by atoms with E-state index in [1.807, 2.05) is 30.5 Å². The lowest BCUT2D eigenvalue weighted by Gasteiger charge is -1.95. The number of phenols is 1. The average Bonchev–Trinajstić information content (AvgIpc) is 2.73. The number of hydrogen-bond acceptors (Lipinski definition) is 3. The highest BCUT2D eigenvalue weighted by molar-refractivity contribution is 5.62. The first-order valence-corrected chi connectivity index (χ1v) is 4.93.